The lowest BCUT2D eigenvalue weighted by Crippen LogP contribution is -2.17. The molecule has 1 amide bonds. The summed E-state index contributed by atoms with van der Waals surface area (Å²) in [6.07, 6.45) is 0. The van der Waals surface area contributed by atoms with E-state index in [4.69, 9.17) is 9.15 Å². The third kappa shape index (κ3) is 4.88. The van der Waals surface area contributed by atoms with Crippen molar-refractivity contribution in [1.29, 1.82) is 0 Å². The quantitative estimate of drug-likeness (QED) is 0.414. The summed E-state index contributed by atoms with van der Waals surface area (Å²) in [7, 11) is -2.40. The van der Waals surface area contributed by atoms with E-state index in [1.54, 1.807) is 61.5 Å². The number of methoxy groups -OCH3 is 1. The Hall–Kier alpha value is -4.11. The molecule has 0 spiro atoms. The number of hydrogen-bond acceptors (Lipinski definition) is 6. The first kappa shape index (κ1) is 22.1. The fraction of sp³-hybridized carbons (Fsp3) is 0.0833. The summed E-state index contributed by atoms with van der Waals surface area (Å²) in [5.74, 6) is 0.133. The number of sulfonamides is 1. The summed E-state index contributed by atoms with van der Waals surface area (Å²) in [5, 5.41) is 3.40. The van der Waals surface area contributed by atoms with Crippen molar-refractivity contribution in [2.24, 2.45) is 0 Å². The maximum absolute atomic E-state index is 12.9. The Kier molecular flexibility index (Phi) is 5.89. The van der Waals surface area contributed by atoms with Crippen LogP contribution in [0.2, 0.25) is 0 Å². The zero-order valence-corrected chi connectivity index (χ0v) is 18.6. The van der Waals surface area contributed by atoms with Gasteiger partial charge in [-0.2, -0.15) is 0 Å². The average molecular weight is 464 g/mol. The van der Waals surface area contributed by atoms with Gasteiger partial charge in [0.2, 0.25) is 0 Å². The van der Waals surface area contributed by atoms with Gasteiger partial charge < -0.3 is 14.5 Å². The minimum atomic E-state index is -3.92. The van der Waals surface area contributed by atoms with Gasteiger partial charge >= 0.3 is 5.63 Å². The van der Waals surface area contributed by atoms with Crippen molar-refractivity contribution in [3.63, 3.8) is 0 Å². The lowest BCUT2D eigenvalue weighted by molar-refractivity contribution is 0.102. The molecule has 4 aromatic rings. The maximum Gasteiger partial charge on any atom is 0.336 e. The monoisotopic (exact) mass is 464 g/mol. The zero-order chi connectivity index (χ0) is 23.6. The van der Waals surface area contributed by atoms with Gasteiger partial charge in [-0.25, -0.2) is 13.2 Å². The minimum Gasteiger partial charge on any atom is -0.497 e. The Morgan fingerprint density at radius 3 is 2.36 bits per heavy atom. The fourth-order valence-electron chi connectivity index (χ4n) is 3.23. The van der Waals surface area contributed by atoms with Crippen LogP contribution in [0.15, 0.2) is 86.9 Å². The number of nitrogens with one attached hydrogen (secondary N) is 2. The smallest absolute Gasteiger partial charge is 0.336 e. The normalized spacial score (nSPS) is 11.2. The van der Waals surface area contributed by atoms with E-state index in [1.807, 2.05) is 0 Å². The first-order chi connectivity index (χ1) is 15.7. The lowest BCUT2D eigenvalue weighted by Gasteiger charge is -2.12. The van der Waals surface area contributed by atoms with E-state index in [9.17, 15) is 18.0 Å². The molecule has 0 aliphatic carbocycles. The molecule has 1 aromatic heterocycles. The van der Waals surface area contributed by atoms with Crippen molar-refractivity contribution in [2.75, 3.05) is 17.1 Å². The Morgan fingerprint density at radius 2 is 1.64 bits per heavy atom. The molecule has 0 saturated carbocycles. The molecule has 1 heterocycles. The van der Waals surface area contributed by atoms with E-state index in [1.165, 1.54) is 25.3 Å². The van der Waals surface area contributed by atoms with Crippen molar-refractivity contribution in [3.8, 4) is 5.75 Å². The second-order valence-electron chi connectivity index (χ2n) is 7.27. The lowest BCUT2D eigenvalue weighted by atomic mass is 10.1. The number of amides is 1. The number of ether oxygens (including phenoxy) is 1. The molecular weight excluding hydrogens is 444 g/mol. The van der Waals surface area contributed by atoms with Gasteiger partial charge in [0.1, 0.15) is 11.3 Å². The van der Waals surface area contributed by atoms with Crippen LogP contribution in [-0.4, -0.2) is 21.4 Å². The van der Waals surface area contributed by atoms with Crippen molar-refractivity contribution >= 4 is 38.3 Å². The average Bonchev–Trinajstić information content (AvgIpc) is 2.79. The highest BCUT2D eigenvalue weighted by molar-refractivity contribution is 7.92. The van der Waals surface area contributed by atoms with Gasteiger partial charge in [-0.1, -0.05) is 6.07 Å². The van der Waals surface area contributed by atoms with Gasteiger partial charge in [0, 0.05) is 28.4 Å². The van der Waals surface area contributed by atoms with E-state index in [2.05, 4.69) is 10.0 Å². The Morgan fingerprint density at radius 1 is 0.909 bits per heavy atom. The van der Waals surface area contributed by atoms with Crippen LogP contribution >= 0.6 is 0 Å². The van der Waals surface area contributed by atoms with Gasteiger partial charge in [0.05, 0.1) is 12.0 Å². The molecule has 168 valence electrons. The van der Waals surface area contributed by atoms with Crippen LogP contribution in [0.25, 0.3) is 11.0 Å². The van der Waals surface area contributed by atoms with Crippen LogP contribution in [0.5, 0.6) is 5.75 Å². The summed E-state index contributed by atoms with van der Waals surface area (Å²) in [4.78, 5) is 24.2. The van der Waals surface area contributed by atoms with Crippen molar-refractivity contribution in [1.82, 2.24) is 0 Å². The largest absolute Gasteiger partial charge is 0.497 e. The molecule has 0 bridgehead atoms. The molecule has 0 fully saturated rings. The molecule has 0 unspecified atom stereocenters. The minimum absolute atomic E-state index is 0.0469. The third-order valence-corrected chi connectivity index (χ3v) is 6.36. The SMILES string of the molecule is COc1ccc(NS(=O)(=O)c2ccc(C)c(C(=O)Nc3ccc4oc(=O)ccc4c3)c2)cc1. The Bertz CT molecular complexity index is 1510. The molecule has 8 nitrogen and oxygen atoms in total. The van der Waals surface area contributed by atoms with E-state index in [0.29, 0.717) is 33.7 Å². The van der Waals surface area contributed by atoms with Gasteiger partial charge in [-0.05, 0) is 73.2 Å². The van der Waals surface area contributed by atoms with E-state index in [0.717, 1.165) is 0 Å². The van der Waals surface area contributed by atoms with Crippen molar-refractivity contribution in [3.05, 3.63) is 94.3 Å². The van der Waals surface area contributed by atoms with E-state index >= 15 is 0 Å². The Labute approximate surface area is 189 Å². The highest BCUT2D eigenvalue weighted by Gasteiger charge is 2.19. The maximum atomic E-state index is 12.9. The molecule has 0 atom stereocenters. The summed E-state index contributed by atoms with van der Waals surface area (Å²) < 4.78 is 38.4. The topological polar surface area (TPSA) is 115 Å². The number of carbonyl (C=O) groups is 1. The summed E-state index contributed by atoms with van der Waals surface area (Å²) in [6.45, 7) is 1.72. The zero-order valence-electron chi connectivity index (χ0n) is 17.8. The molecule has 0 aliphatic rings. The van der Waals surface area contributed by atoms with E-state index < -0.39 is 21.6 Å². The highest BCUT2D eigenvalue weighted by Crippen LogP contribution is 2.23. The first-order valence-electron chi connectivity index (χ1n) is 9.88. The Balaban J connectivity index is 1.58. The number of anilines is 2. The predicted molar refractivity (Wildman–Crippen MR) is 125 cm³/mol. The van der Waals surface area contributed by atoms with Crippen LogP contribution in [-0.2, 0) is 10.0 Å². The number of fused-ring (bicyclic) bond motifs is 1. The molecule has 2 N–H and O–H groups in total. The van der Waals surface area contributed by atoms with E-state index in [-0.39, 0.29) is 10.5 Å². The molecule has 0 saturated heterocycles. The molecule has 3 aromatic carbocycles. The van der Waals surface area contributed by atoms with Crippen LogP contribution < -0.4 is 20.4 Å². The number of benzene rings is 3. The number of rotatable bonds is 6. The number of aryl methyl sites for hydroxylation is 1. The van der Waals surface area contributed by atoms with Crippen LogP contribution in [0.1, 0.15) is 15.9 Å². The van der Waals surface area contributed by atoms with Gasteiger partial charge in [-0.15, -0.1) is 0 Å². The number of carbonyl (C=O) groups excluding carboxylic acids is 1. The van der Waals surface area contributed by atoms with Crippen LogP contribution in [0, 0.1) is 6.92 Å². The van der Waals surface area contributed by atoms with Gasteiger partial charge in [-0.3, -0.25) is 9.52 Å². The molecule has 0 aliphatic heterocycles. The molecule has 0 radical (unpaired) electrons. The molecule has 9 heteroatoms. The predicted octanol–water partition coefficient (Wildman–Crippen LogP) is 4.16. The third-order valence-electron chi connectivity index (χ3n) is 4.98. The van der Waals surface area contributed by atoms with Gasteiger partial charge in [0.15, 0.2) is 0 Å². The highest BCUT2D eigenvalue weighted by atomic mass is 32.2. The fourth-order valence-corrected chi connectivity index (χ4v) is 4.32. The molecule has 33 heavy (non-hydrogen) atoms. The van der Waals surface area contributed by atoms with Gasteiger partial charge in [0.25, 0.3) is 15.9 Å². The first-order valence-corrected chi connectivity index (χ1v) is 11.4. The summed E-state index contributed by atoms with van der Waals surface area (Å²) >= 11 is 0. The van der Waals surface area contributed by atoms with Crippen molar-refractivity contribution < 1.29 is 22.4 Å². The standard InChI is InChI=1S/C24H20N2O6S/c1-15-3-10-20(33(29,30)26-17-5-8-19(31-2)9-6-17)14-21(15)24(28)25-18-7-11-22-16(13-18)4-12-23(27)32-22/h3-14,26H,1-2H3,(H,25,28). The molecular formula is C24H20N2O6S. The second kappa shape index (κ2) is 8.79. The van der Waals surface area contributed by atoms with Crippen LogP contribution in [0.3, 0.4) is 0 Å². The second-order valence-corrected chi connectivity index (χ2v) is 8.95. The summed E-state index contributed by atoms with van der Waals surface area (Å²) in [6, 6.07) is 18.5. The summed E-state index contributed by atoms with van der Waals surface area (Å²) in [5.41, 5.74) is 1.61. The molecule has 4 rings (SSSR count). The number of hydrogen-bond donors (Lipinski definition) is 2. The van der Waals surface area contributed by atoms with Crippen LogP contribution in [0.4, 0.5) is 11.4 Å². The van der Waals surface area contributed by atoms with Crippen molar-refractivity contribution in [2.45, 2.75) is 11.8 Å².